The molecule has 0 aliphatic carbocycles. The van der Waals surface area contributed by atoms with Crippen LogP contribution in [0.25, 0.3) is 0 Å². The van der Waals surface area contributed by atoms with Crippen LogP contribution < -0.4 is 5.32 Å². The summed E-state index contributed by atoms with van der Waals surface area (Å²) in [6, 6.07) is 24.8. The van der Waals surface area contributed by atoms with Crippen molar-refractivity contribution in [1.82, 2.24) is 4.90 Å². The summed E-state index contributed by atoms with van der Waals surface area (Å²) < 4.78 is 13.3. The van der Waals surface area contributed by atoms with E-state index in [0.29, 0.717) is 5.69 Å². The van der Waals surface area contributed by atoms with Crippen LogP contribution in [0.1, 0.15) is 10.8 Å². The maximum absolute atomic E-state index is 13.3. The minimum Gasteiger partial charge on any atom is -0.335 e. The quantitative estimate of drug-likeness (QED) is 0.574. The number of halogens is 1. The molecule has 0 radical (unpaired) electrons. The molecule has 29 heavy (non-hydrogen) atoms. The van der Waals surface area contributed by atoms with Gasteiger partial charge in [0.05, 0.1) is 6.54 Å². The Morgan fingerprint density at radius 1 is 0.966 bits per heavy atom. The minimum absolute atomic E-state index is 0.131. The number of nitrogens with zero attached hydrogens (tertiary/aromatic N) is 1. The Morgan fingerprint density at radius 2 is 1.62 bits per heavy atom. The Morgan fingerprint density at radius 3 is 2.28 bits per heavy atom. The third-order valence-electron chi connectivity index (χ3n) is 4.19. The molecule has 0 aliphatic heterocycles. The third-order valence-corrected chi connectivity index (χ3v) is 5.44. The van der Waals surface area contributed by atoms with E-state index >= 15 is 0 Å². The van der Waals surface area contributed by atoms with Gasteiger partial charge >= 0.3 is 0 Å². The number of benzene rings is 3. The summed E-state index contributed by atoms with van der Waals surface area (Å²) in [6.45, 7) is -0.131. The summed E-state index contributed by atoms with van der Waals surface area (Å²) in [6.07, 6.45) is 0. The van der Waals surface area contributed by atoms with Gasteiger partial charge in [-0.1, -0.05) is 54.6 Å². The smallest absolute Gasteiger partial charge is 0.243 e. The van der Waals surface area contributed by atoms with Gasteiger partial charge in [0.1, 0.15) is 11.1 Å². The fourth-order valence-corrected chi connectivity index (χ4v) is 3.94. The van der Waals surface area contributed by atoms with Crippen molar-refractivity contribution in [1.29, 1.82) is 0 Å². The molecule has 148 valence electrons. The summed E-state index contributed by atoms with van der Waals surface area (Å²) in [7, 11) is 1.59. The maximum Gasteiger partial charge on any atom is 0.243 e. The molecule has 4 nitrogen and oxygen atoms in total. The summed E-state index contributed by atoms with van der Waals surface area (Å²) in [4.78, 5) is 27.8. The highest BCUT2D eigenvalue weighted by molar-refractivity contribution is 8.00. The van der Waals surface area contributed by atoms with E-state index in [1.54, 1.807) is 13.1 Å². The standard InChI is InChI=1S/C23H21FN2O2S/c1-26(16-21(27)25-19-12-8-11-18(24)15-19)23(28)22(17-9-4-2-5-10-17)29-20-13-6-3-7-14-20/h2-15,22H,16H2,1H3,(H,25,27)/t22-/m0/s1. The van der Waals surface area contributed by atoms with E-state index in [1.165, 1.54) is 34.9 Å². The van der Waals surface area contributed by atoms with Crippen LogP contribution in [0.5, 0.6) is 0 Å². The molecule has 3 aromatic carbocycles. The lowest BCUT2D eigenvalue weighted by atomic mass is 10.1. The molecular formula is C23H21FN2O2S. The molecule has 0 heterocycles. The van der Waals surface area contributed by atoms with Gasteiger partial charge in [0.15, 0.2) is 0 Å². The van der Waals surface area contributed by atoms with Gasteiger partial charge in [-0.25, -0.2) is 4.39 Å². The first kappa shape index (κ1) is 20.6. The van der Waals surface area contributed by atoms with Gasteiger partial charge in [-0.05, 0) is 35.9 Å². The van der Waals surface area contributed by atoms with Crippen molar-refractivity contribution < 1.29 is 14.0 Å². The lowest BCUT2D eigenvalue weighted by Crippen LogP contribution is -2.37. The predicted octanol–water partition coefficient (Wildman–Crippen LogP) is 4.76. The number of hydrogen-bond donors (Lipinski definition) is 1. The molecule has 3 rings (SSSR count). The zero-order valence-electron chi connectivity index (χ0n) is 15.9. The van der Waals surface area contributed by atoms with Crippen molar-refractivity contribution in [2.24, 2.45) is 0 Å². The average Bonchev–Trinajstić information content (AvgIpc) is 2.73. The molecule has 3 aromatic rings. The van der Waals surface area contributed by atoms with Crippen molar-refractivity contribution in [3.63, 3.8) is 0 Å². The summed E-state index contributed by atoms with van der Waals surface area (Å²) >= 11 is 1.44. The lowest BCUT2D eigenvalue weighted by Gasteiger charge is -2.23. The zero-order chi connectivity index (χ0) is 20.6. The Labute approximate surface area is 173 Å². The molecule has 0 aliphatic rings. The van der Waals surface area contributed by atoms with E-state index in [4.69, 9.17) is 0 Å². The average molecular weight is 408 g/mol. The van der Waals surface area contributed by atoms with Crippen molar-refractivity contribution in [3.8, 4) is 0 Å². The van der Waals surface area contributed by atoms with Crippen LogP contribution >= 0.6 is 11.8 Å². The highest BCUT2D eigenvalue weighted by atomic mass is 32.2. The second-order valence-corrected chi connectivity index (χ2v) is 7.65. The molecule has 6 heteroatoms. The first-order chi connectivity index (χ1) is 14.0. The molecule has 1 atom stereocenters. The number of hydrogen-bond acceptors (Lipinski definition) is 3. The zero-order valence-corrected chi connectivity index (χ0v) is 16.7. The van der Waals surface area contributed by atoms with Gasteiger partial charge in [0, 0.05) is 17.6 Å². The first-order valence-electron chi connectivity index (χ1n) is 9.10. The van der Waals surface area contributed by atoms with Crippen molar-refractivity contribution >= 4 is 29.3 Å². The molecule has 0 bridgehead atoms. The molecule has 0 saturated heterocycles. The fraction of sp³-hybridized carbons (Fsp3) is 0.130. The molecule has 0 spiro atoms. The van der Waals surface area contributed by atoms with Crippen LogP contribution in [0.2, 0.25) is 0 Å². The van der Waals surface area contributed by atoms with Gasteiger partial charge in [-0.2, -0.15) is 0 Å². The van der Waals surface area contributed by atoms with Crippen LogP contribution in [-0.2, 0) is 9.59 Å². The summed E-state index contributed by atoms with van der Waals surface area (Å²) in [5, 5.41) is 2.14. The third kappa shape index (κ3) is 5.93. The van der Waals surface area contributed by atoms with Crippen LogP contribution in [0.15, 0.2) is 89.8 Å². The van der Waals surface area contributed by atoms with E-state index < -0.39 is 11.1 Å². The Bertz CT molecular complexity index is 967. The number of carbonyl (C=O) groups excluding carboxylic acids is 2. The van der Waals surface area contributed by atoms with Crippen molar-refractivity contribution in [2.75, 3.05) is 18.9 Å². The molecule has 1 N–H and O–H groups in total. The number of thioether (sulfide) groups is 1. The van der Waals surface area contributed by atoms with Crippen LogP contribution in [0.4, 0.5) is 10.1 Å². The Balaban J connectivity index is 1.71. The normalized spacial score (nSPS) is 11.5. The second kappa shape index (κ2) is 9.89. The first-order valence-corrected chi connectivity index (χ1v) is 9.98. The van der Waals surface area contributed by atoms with Gasteiger partial charge in [0.2, 0.25) is 11.8 Å². The minimum atomic E-state index is -0.481. The molecule has 0 saturated carbocycles. The Hall–Kier alpha value is -3.12. The topological polar surface area (TPSA) is 49.4 Å². The number of anilines is 1. The maximum atomic E-state index is 13.3. The van der Waals surface area contributed by atoms with Crippen LogP contribution in [-0.4, -0.2) is 30.3 Å². The molecule has 0 unspecified atom stereocenters. The summed E-state index contributed by atoms with van der Waals surface area (Å²) in [5.74, 6) is -1.00. The number of rotatable bonds is 7. The summed E-state index contributed by atoms with van der Waals surface area (Å²) in [5.41, 5.74) is 1.22. The van der Waals surface area contributed by atoms with E-state index in [1.807, 2.05) is 60.7 Å². The lowest BCUT2D eigenvalue weighted by molar-refractivity contribution is -0.132. The van der Waals surface area contributed by atoms with E-state index in [-0.39, 0.29) is 18.4 Å². The number of carbonyl (C=O) groups is 2. The van der Waals surface area contributed by atoms with Crippen molar-refractivity contribution in [2.45, 2.75) is 10.1 Å². The van der Waals surface area contributed by atoms with Gasteiger partial charge in [-0.15, -0.1) is 11.8 Å². The highest BCUT2D eigenvalue weighted by Crippen LogP contribution is 2.36. The van der Waals surface area contributed by atoms with E-state index in [9.17, 15) is 14.0 Å². The van der Waals surface area contributed by atoms with Gasteiger partial charge < -0.3 is 10.2 Å². The van der Waals surface area contributed by atoms with E-state index in [0.717, 1.165) is 10.5 Å². The van der Waals surface area contributed by atoms with Gasteiger partial charge in [-0.3, -0.25) is 9.59 Å². The highest BCUT2D eigenvalue weighted by Gasteiger charge is 2.26. The molecule has 0 aromatic heterocycles. The van der Waals surface area contributed by atoms with Crippen LogP contribution in [0.3, 0.4) is 0 Å². The molecular weight excluding hydrogens is 387 g/mol. The van der Waals surface area contributed by atoms with E-state index in [2.05, 4.69) is 5.32 Å². The number of likely N-dealkylation sites (N-methyl/N-ethyl adjacent to an activating group) is 1. The monoisotopic (exact) mass is 408 g/mol. The number of nitrogens with one attached hydrogen (secondary N) is 1. The number of amides is 2. The van der Waals surface area contributed by atoms with Crippen molar-refractivity contribution in [3.05, 3.63) is 96.3 Å². The van der Waals surface area contributed by atoms with Crippen LogP contribution in [0, 0.1) is 5.82 Å². The van der Waals surface area contributed by atoms with Gasteiger partial charge in [0.25, 0.3) is 0 Å². The predicted molar refractivity (Wildman–Crippen MR) is 114 cm³/mol. The molecule has 0 fully saturated rings. The largest absolute Gasteiger partial charge is 0.335 e. The second-order valence-electron chi connectivity index (χ2n) is 6.47. The Kier molecular flexibility index (Phi) is 7.03. The fourth-order valence-electron chi connectivity index (χ4n) is 2.78. The SMILES string of the molecule is CN(CC(=O)Nc1cccc(F)c1)C(=O)[C@@H](Sc1ccccc1)c1ccccc1. The molecule has 2 amide bonds.